The van der Waals surface area contributed by atoms with Crippen molar-refractivity contribution in [3.8, 4) is 0 Å². The number of nitrogens with one attached hydrogen (secondary N) is 1. The first kappa shape index (κ1) is 11.2. The van der Waals surface area contributed by atoms with Crippen LogP contribution in [0.4, 0.5) is 0 Å². The molecule has 1 amide bonds. The van der Waals surface area contributed by atoms with Crippen LogP contribution in [-0.2, 0) is 4.79 Å². The van der Waals surface area contributed by atoms with Gasteiger partial charge >= 0.3 is 0 Å². The Kier molecular flexibility index (Phi) is 3.58. The zero-order valence-electron chi connectivity index (χ0n) is 8.18. The van der Waals surface area contributed by atoms with Gasteiger partial charge in [0.2, 0.25) is 5.91 Å². The van der Waals surface area contributed by atoms with E-state index in [-0.39, 0.29) is 5.91 Å². The Bertz CT molecular complexity index is 473. The summed E-state index contributed by atoms with van der Waals surface area (Å²) in [6.45, 7) is 0. The molecule has 1 aliphatic heterocycles. The smallest absolute Gasteiger partial charge is 0.236 e. The lowest BCUT2D eigenvalue weighted by Gasteiger charge is -1.92. The van der Waals surface area contributed by atoms with E-state index in [0.29, 0.717) is 15.9 Å². The van der Waals surface area contributed by atoms with Gasteiger partial charge in [0.05, 0.1) is 12.0 Å². The summed E-state index contributed by atoms with van der Waals surface area (Å²) >= 11 is 7.15. The van der Waals surface area contributed by atoms with E-state index in [9.17, 15) is 4.79 Å². The lowest BCUT2D eigenvalue weighted by molar-refractivity contribution is -0.116. The van der Waals surface area contributed by atoms with Crippen molar-refractivity contribution in [2.24, 2.45) is 10.2 Å². The first-order valence-corrected chi connectivity index (χ1v) is 5.89. The van der Waals surface area contributed by atoms with E-state index < -0.39 is 0 Å². The monoisotopic (exact) mass is 253 g/mol. The van der Waals surface area contributed by atoms with Crippen LogP contribution in [0, 0.1) is 0 Å². The molecular weight excluding hydrogens is 246 g/mol. The summed E-state index contributed by atoms with van der Waals surface area (Å²) in [5.41, 5.74) is 0.867. The fraction of sp³-hybridized carbons (Fsp3) is 0.100. The van der Waals surface area contributed by atoms with Crippen LogP contribution in [0.5, 0.6) is 0 Å². The zero-order chi connectivity index (χ0) is 11.4. The Balaban J connectivity index is 2.02. The van der Waals surface area contributed by atoms with E-state index >= 15 is 0 Å². The molecule has 0 aliphatic carbocycles. The minimum Gasteiger partial charge on any atom is -0.303 e. The third-order valence-electron chi connectivity index (χ3n) is 1.79. The van der Waals surface area contributed by atoms with E-state index in [1.165, 1.54) is 11.8 Å². The molecule has 0 spiro atoms. The van der Waals surface area contributed by atoms with Crippen molar-refractivity contribution >= 4 is 40.7 Å². The topological polar surface area (TPSA) is 53.8 Å². The van der Waals surface area contributed by atoms with Crippen molar-refractivity contribution in [1.82, 2.24) is 5.32 Å². The molecule has 1 aromatic rings. The average molecular weight is 254 g/mol. The number of carbonyl (C=O) groups is 1. The van der Waals surface area contributed by atoms with E-state index in [1.807, 2.05) is 12.1 Å². The minimum atomic E-state index is -0.0401. The standard InChI is InChI=1S/C10H8ClN3OS/c11-8-3-1-2-7(4-8)5-12-14-10-13-9(15)6-16-10/h1-5H,6H2,(H,13,14,15). The molecule has 1 saturated heterocycles. The third-order valence-corrected chi connectivity index (χ3v) is 2.89. The summed E-state index contributed by atoms with van der Waals surface area (Å²) < 4.78 is 0. The van der Waals surface area contributed by atoms with Gasteiger partial charge in [-0.05, 0) is 17.7 Å². The van der Waals surface area contributed by atoms with Crippen LogP contribution in [0.2, 0.25) is 5.02 Å². The Morgan fingerprint density at radius 3 is 3.06 bits per heavy atom. The van der Waals surface area contributed by atoms with Gasteiger partial charge in [-0.15, -0.1) is 5.10 Å². The highest BCUT2D eigenvalue weighted by atomic mass is 35.5. The number of benzene rings is 1. The molecule has 1 heterocycles. The maximum absolute atomic E-state index is 10.8. The van der Waals surface area contributed by atoms with Crippen molar-refractivity contribution in [2.45, 2.75) is 0 Å². The van der Waals surface area contributed by atoms with Gasteiger partial charge in [0, 0.05) is 5.02 Å². The summed E-state index contributed by atoms with van der Waals surface area (Å²) in [6.07, 6.45) is 1.59. The maximum atomic E-state index is 10.8. The third kappa shape index (κ3) is 3.08. The second-order valence-electron chi connectivity index (χ2n) is 3.04. The zero-order valence-corrected chi connectivity index (χ0v) is 9.76. The van der Waals surface area contributed by atoms with Crippen molar-refractivity contribution in [2.75, 3.05) is 5.75 Å². The summed E-state index contributed by atoms with van der Waals surface area (Å²) in [6, 6.07) is 7.28. The molecule has 4 nitrogen and oxygen atoms in total. The van der Waals surface area contributed by atoms with E-state index in [1.54, 1.807) is 18.3 Å². The van der Waals surface area contributed by atoms with E-state index in [4.69, 9.17) is 11.6 Å². The van der Waals surface area contributed by atoms with E-state index in [0.717, 1.165) is 5.56 Å². The molecular formula is C10H8ClN3OS. The number of nitrogens with zero attached hydrogens (tertiary/aromatic N) is 2. The molecule has 0 saturated carbocycles. The number of halogens is 1. The van der Waals surface area contributed by atoms with Crippen molar-refractivity contribution in [1.29, 1.82) is 0 Å². The summed E-state index contributed by atoms with van der Waals surface area (Å²) in [7, 11) is 0. The minimum absolute atomic E-state index is 0.0401. The number of hydrogen-bond acceptors (Lipinski definition) is 4. The molecule has 1 aliphatic rings. The van der Waals surface area contributed by atoms with Gasteiger partial charge < -0.3 is 5.32 Å². The van der Waals surface area contributed by atoms with Crippen molar-refractivity contribution < 1.29 is 4.79 Å². The molecule has 0 aromatic heterocycles. The average Bonchev–Trinajstić information content (AvgIpc) is 2.64. The molecule has 16 heavy (non-hydrogen) atoms. The number of hydrogen-bond donors (Lipinski definition) is 1. The van der Waals surface area contributed by atoms with Crippen LogP contribution in [0.15, 0.2) is 34.5 Å². The Morgan fingerprint density at radius 2 is 2.38 bits per heavy atom. The molecule has 1 aromatic carbocycles. The van der Waals surface area contributed by atoms with Crippen molar-refractivity contribution in [3.63, 3.8) is 0 Å². The van der Waals surface area contributed by atoms with Crippen LogP contribution >= 0.6 is 23.4 Å². The normalized spacial score (nSPS) is 18.3. The fourth-order valence-corrected chi connectivity index (χ4v) is 1.94. The second kappa shape index (κ2) is 5.14. The molecule has 2 rings (SSSR count). The highest BCUT2D eigenvalue weighted by Gasteiger charge is 2.15. The maximum Gasteiger partial charge on any atom is 0.236 e. The summed E-state index contributed by atoms with van der Waals surface area (Å²) in [4.78, 5) is 10.8. The van der Waals surface area contributed by atoms with Crippen molar-refractivity contribution in [3.05, 3.63) is 34.9 Å². The largest absolute Gasteiger partial charge is 0.303 e. The number of thioether (sulfide) groups is 1. The molecule has 82 valence electrons. The molecule has 1 N–H and O–H groups in total. The lowest BCUT2D eigenvalue weighted by atomic mass is 10.2. The molecule has 1 fully saturated rings. The molecule has 0 unspecified atom stereocenters. The quantitative estimate of drug-likeness (QED) is 0.646. The first-order chi connectivity index (χ1) is 7.74. The number of rotatable bonds is 2. The first-order valence-electron chi connectivity index (χ1n) is 4.53. The predicted molar refractivity (Wildman–Crippen MR) is 67.1 cm³/mol. The molecule has 0 bridgehead atoms. The molecule has 6 heteroatoms. The van der Waals surface area contributed by atoms with Gasteiger partial charge in [0.1, 0.15) is 0 Å². The van der Waals surface area contributed by atoms with Crippen LogP contribution in [0.1, 0.15) is 5.56 Å². The van der Waals surface area contributed by atoms with Gasteiger partial charge in [-0.2, -0.15) is 5.10 Å². The van der Waals surface area contributed by atoms with Gasteiger partial charge in [-0.25, -0.2) is 0 Å². The molecule has 0 atom stereocenters. The summed E-state index contributed by atoms with van der Waals surface area (Å²) in [5.74, 6) is 0.368. The van der Waals surface area contributed by atoms with Gasteiger partial charge in [-0.3, -0.25) is 4.79 Å². The predicted octanol–water partition coefficient (Wildman–Crippen LogP) is 1.89. The Morgan fingerprint density at radius 1 is 1.50 bits per heavy atom. The lowest BCUT2D eigenvalue weighted by Crippen LogP contribution is -2.19. The SMILES string of the molecule is O=C1CSC(=NN=Cc2cccc(Cl)c2)N1. The van der Waals surface area contributed by atoms with E-state index in [2.05, 4.69) is 15.5 Å². The van der Waals surface area contributed by atoms with Crippen LogP contribution < -0.4 is 5.32 Å². The van der Waals surface area contributed by atoms with Crippen LogP contribution in [0.25, 0.3) is 0 Å². The summed E-state index contributed by atoms with van der Waals surface area (Å²) in [5, 5.41) is 11.5. The van der Waals surface area contributed by atoms with Gasteiger partial charge in [0.25, 0.3) is 0 Å². The molecule has 0 radical (unpaired) electrons. The van der Waals surface area contributed by atoms with Gasteiger partial charge in [-0.1, -0.05) is 35.5 Å². The van der Waals surface area contributed by atoms with Crippen LogP contribution in [0.3, 0.4) is 0 Å². The van der Waals surface area contributed by atoms with Crippen LogP contribution in [-0.4, -0.2) is 23.0 Å². The highest BCUT2D eigenvalue weighted by Crippen LogP contribution is 2.10. The Hall–Kier alpha value is -1.33. The van der Waals surface area contributed by atoms with Gasteiger partial charge in [0.15, 0.2) is 5.17 Å². The fourth-order valence-electron chi connectivity index (χ4n) is 1.11. The number of amides is 1. The number of carbonyl (C=O) groups excluding carboxylic acids is 1. The number of amidine groups is 1. The second-order valence-corrected chi connectivity index (χ2v) is 4.44. The highest BCUT2D eigenvalue weighted by molar-refractivity contribution is 8.15. The Labute approximate surface area is 102 Å².